The number of anilines is 1. The van der Waals surface area contributed by atoms with E-state index < -0.39 is 23.9 Å². The summed E-state index contributed by atoms with van der Waals surface area (Å²) >= 11 is 0.800. The van der Waals surface area contributed by atoms with Crippen molar-refractivity contribution in [3.8, 4) is 21.7 Å². The van der Waals surface area contributed by atoms with Gasteiger partial charge in [-0.05, 0) is 30.2 Å². The highest BCUT2D eigenvalue weighted by atomic mass is 32.1. The minimum atomic E-state index is -4.60. The average molecular weight is 465 g/mol. The number of urea groups is 1. The Labute approximate surface area is 184 Å². The molecule has 0 aliphatic carbocycles. The summed E-state index contributed by atoms with van der Waals surface area (Å²) in [5.41, 5.74) is 0.162. The van der Waals surface area contributed by atoms with Crippen molar-refractivity contribution in [2.24, 2.45) is 0 Å². The fraction of sp³-hybridized carbons (Fsp3) is 0.250. The fourth-order valence-electron chi connectivity index (χ4n) is 2.67. The number of pyridine rings is 2. The van der Waals surface area contributed by atoms with Gasteiger partial charge in [-0.15, -0.1) is 11.3 Å². The fourth-order valence-corrected chi connectivity index (χ4v) is 3.53. The maximum Gasteiger partial charge on any atom is 0.434 e. The number of esters is 1. The van der Waals surface area contributed by atoms with Gasteiger partial charge in [0.05, 0.1) is 7.11 Å². The van der Waals surface area contributed by atoms with Crippen molar-refractivity contribution >= 4 is 29.2 Å². The Morgan fingerprint density at radius 1 is 1.19 bits per heavy atom. The summed E-state index contributed by atoms with van der Waals surface area (Å²) in [7, 11) is 1.21. The van der Waals surface area contributed by atoms with Crippen LogP contribution in [-0.2, 0) is 10.9 Å². The van der Waals surface area contributed by atoms with Crippen molar-refractivity contribution in [1.82, 2.24) is 20.3 Å². The molecule has 0 fully saturated rings. The molecule has 2 amide bonds. The highest BCUT2D eigenvalue weighted by Crippen LogP contribution is 2.38. The molecule has 0 aliphatic rings. The minimum absolute atomic E-state index is 0.0206. The number of carbonyl (C=O) groups excluding carboxylic acids is 2. The number of hydrogen-bond donors (Lipinski definition) is 2. The molecule has 0 atom stereocenters. The van der Waals surface area contributed by atoms with Crippen LogP contribution in [-0.4, -0.2) is 40.6 Å². The van der Waals surface area contributed by atoms with Gasteiger partial charge >= 0.3 is 18.2 Å². The Morgan fingerprint density at radius 3 is 2.62 bits per heavy atom. The normalized spacial score (nSPS) is 11.2. The Bertz CT molecular complexity index is 1130. The van der Waals surface area contributed by atoms with E-state index in [1.54, 1.807) is 6.07 Å². The number of nitrogens with zero attached hydrogens (tertiary/aromatic N) is 3. The zero-order valence-corrected chi connectivity index (χ0v) is 17.8. The van der Waals surface area contributed by atoms with Crippen LogP contribution >= 0.6 is 11.3 Å². The lowest BCUT2D eigenvalue weighted by Crippen LogP contribution is -2.29. The SMILES string of the molecule is CCCNC(=O)Nc1cc(-c2nc(C(F)(F)F)cs2)c(-c2ccnc(C(=O)OC)c2)cn1. The number of methoxy groups -OCH3 is 1. The van der Waals surface area contributed by atoms with Crippen LogP contribution in [0.2, 0.25) is 0 Å². The molecular weight excluding hydrogens is 447 g/mol. The first-order valence-corrected chi connectivity index (χ1v) is 10.2. The Hall–Kier alpha value is -3.54. The third-order valence-electron chi connectivity index (χ3n) is 4.17. The number of carbonyl (C=O) groups is 2. The Morgan fingerprint density at radius 2 is 1.97 bits per heavy atom. The van der Waals surface area contributed by atoms with Crippen molar-refractivity contribution in [1.29, 1.82) is 0 Å². The summed E-state index contributed by atoms with van der Waals surface area (Å²) in [6, 6.07) is 3.95. The molecule has 3 aromatic rings. The van der Waals surface area contributed by atoms with E-state index in [9.17, 15) is 22.8 Å². The molecule has 12 heteroatoms. The van der Waals surface area contributed by atoms with Crippen molar-refractivity contribution in [2.45, 2.75) is 19.5 Å². The number of hydrogen-bond acceptors (Lipinski definition) is 7. The van der Waals surface area contributed by atoms with Crippen LogP contribution in [0, 0.1) is 0 Å². The van der Waals surface area contributed by atoms with Gasteiger partial charge < -0.3 is 10.1 Å². The molecule has 0 radical (unpaired) electrons. The first-order chi connectivity index (χ1) is 15.2. The summed E-state index contributed by atoms with van der Waals surface area (Å²) < 4.78 is 44.0. The number of thiazole rings is 1. The number of aromatic nitrogens is 3. The second-order valence-electron chi connectivity index (χ2n) is 6.45. The molecule has 0 unspecified atom stereocenters. The van der Waals surface area contributed by atoms with Gasteiger partial charge in [-0.25, -0.2) is 24.5 Å². The smallest absolute Gasteiger partial charge is 0.434 e. The molecule has 0 bridgehead atoms. The molecule has 0 aliphatic heterocycles. The summed E-state index contributed by atoms with van der Waals surface area (Å²) in [6.45, 7) is 2.34. The number of halogens is 3. The van der Waals surface area contributed by atoms with Crippen molar-refractivity contribution in [2.75, 3.05) is 19.0 Å². The standard InChI is InChI=1S/C20H18F3N5O3S/c1-3-5-25-19(30)28-16-8-12(17-27-15(10-32-17)20(21,22)23)13(9-26-16)11-4-6-24-14(7-11)18(29)31-2/h4,6-10H,3,5H2,1-2H3,(H2,25,26,28,30). The molecule has 2 N–H and O–H groups in total. The number of rotatable bonds is 6. The summed E-state index contributed by atoms with van der Waals surface area (Å²) in [5.74, 6) is -0.538. The monoisotopic (exact) mass is 465 g/mol. The van der Waals surface area contributed by atoms with E-state index in [-0.39, 0.29) is 16.5 Å². The van der Waals surface area contributed by atoms with Crippen LogP contribution in [0.1, 0.15) is 29.5 Å². The minimum Gasteiger partial charge on any atom is -0.464 e. The summed E-state index contributed by atoms with van der Waals surface area (Å²) in [5, 5.41) is 6.16. The van der Waals surface area contributed by atoms with E-state index >= 15 is 0 Å². The van der Waals surface area contributed by atoms with E-state index in [4.69, 9.17) is 0 Å². The maximum absolute atomic E-state index is 13.1. The van der Waals surface area contributed by atoms with Crippen LogP contribution in [0.5, 0.6) is 0 Å². The lowest BCUT2D eigenvalue weighted by atomic mass is 10.0. The van der Waals surface area contributed by atoms with Gasteiger partial charge in [0.1, 0.15) is 16.5 Å². The number of amides is 2. The van der Waals surface area contributed by atoms with E-state index in [1.165, 1.54) is 31.6 Å². The number of nitrogens with one attached hydrogen (secondary N) is 2. The highest BCUT2D eigenvalue weighted by molar-refractivity contribution is 7.13. The van der Waals surface area contributed by atoms with Gasteiger partial charge in [-0.2, -0.15) is 13.2 Å². The highest BCUT2D eigenvalue weighted by Gasteiger charge is 2.34. The molecule has 0 spiro atoms. The van der Waals surface area contributed by atoms with Gasteiger partial charge in [-0.1, -0.05) is 6.92 Å². The second-order valence-corrected chi connectivity index (χ2v) is 7.31. The first-order valence-electron chi connectivity index (χ1n) is 9.35. The second kappa shape index (κ2) is 9.73. The predicted molar refractivity (Wildman–Crippen MR) is 112 cm³/mol. The van der Waals surface area contributed by atoms with Gasteiger partial charge in [-0.3, -0.25) is 5.32 Å². The third-order valence-corrected chi connectivity index (χ3v) is 5.05. The molecule has 3 aromatic heterocycles. The molecule has 0 saturated heterocycles. The zero-order valence-electron chi connectivity index (χ0n) is 17.0. The van der Waals surface area contributed by atoms with Gasteiger partial charge in [0.25, 0.3) is 0 Å². The first kappa shape index (κ1) is 23.1. The van der Waals surface area contributed by atoms with Crippen LogP contribution in [0.4, 0.5) is 23.8 Å². The largest absolute Gasteiger partial charge is 0.464 e. The van der Waals surface area contributed by atoms with Crippen molar-refractivity contribution in [3.05, 3.63) is 47.4 Å². The van der Waals surface area contributed by atoms with Crippen molar-refractivity contribution < 1.29 is 27.5 Å². The Balaban J connectivity index is 2.08. The molecule has 8 nitrogen and oxygen atoms in total. The average Bonchev–Trinajstić information content (AvgIpc) is 3.28. The summed E-state index contributed by atoms with van der Waals surface area (Å²) in [6.07, 6.45) is -1.11. The third kappa shape index (κ3) is 5.38. The molecule has 0 saturated carbocycles. The van der Waals surface area contributed by atoms with Crippen LogP contribution in [0.3, 0.4) is 0 Å². The van der Waals surface area contributed by atoms with Gasteiger partial charge in [0.2, 0.25) is 0 Å². The zero-order chi connectivity index (χ0) is 23.3. The predicted octanol–water partition coefficient (Wildman–Crippen LogP) is 4.60. The van der Waals surface area contributed by atoms with E-state index in [1.807, 2.05) is 6.92 Å². The van der Waals surface area contributed by atoms with E-state index in [0.717, 1.165) is 23.1 Å². The molecular formula is C20H18F3N5O3S. The number of alkyl halides is 3. The summed E-state index contributed by atoms with van der Waals surface area (Å²) in [4.78, 5) is 35.7. The van der Waals surface area contributed by atoms with Gasteiger partial charge in [0.15, 0.2) is 5.69 Å². The maximum atomic E-state index is 13.1. The lowest BCUT2D eigenvalue weighted by molar-refractivity contribution is -0.140. The van der Waals surface area contributed by atoms with E-state index in [0.29, 0.717) is 23.2 Å². The van der Waals surface area contributed by atoms with Crippen LogP contribution < -0.4 is 10.6 Å². The molecule has 3 rings (SSSR count). The lowest BCUT2D eigenvalue weighted by Gasteiger charge is -2.12. The van der Waals surface area contributed by atoms with Crippen molar-refractivity contribution in [3.63, 3.8) is 0 Å². The Kier molecular flexibility index (Phi) is 7.03. The molecule has 168 valence electrons. The topological polar surface area (TPSA) is 106 Å². The van der Waals surface area contributed by atoms with Gasteiger partial charge in [0, 0.05) is 35.4 Å². The molecule has 0 aromatic carbocycles. The van der Waals surface area contributed by atoms with Crippen LogP contribution in [0.25, 0.3) is 21.7 Å². The van der Waals surface area contributed by atoms with E-state index in [2.05, 4.69) is 30.3 Å². The van der Waals surface area contributed by atoms with Crippen LogP contribution in [0.15, 0.2) is 36.0 Å². The number of ether oxygens (including phenoxy) is 1. The molecule has 3 heterocycles. The molecule has 32 heavy (non-hydrogen) atoms. The quantitative estimate of drug-likeness (QED) is 0.515.